The van der Waals surface area contributed by atoms with Gasteiger partial charge in [-0.2, -0.15) is 0 Å². The number of nitrogens with zero attached hydrogens (tertiary/aromatic N) is 2. The van der Waals surface area contributed by atoms with Crippen LogP contribution in [0.25, 0.3) is 22.3 Å². The van der Waals surface area contributed by atoms with Crippen LogP contribution in [-0.4, -0.2) is 4.98 Å². The molecule has 0 N–H and O–H groups in total. The minimum Gasteiger partial charge on any atom is -0.294 e. The highest BCUT2D eigenvalue weighted by Gasteiger charge is 2.38. The molecule has 2 aliphatic carbocycles. The van der Waals surface area contributed by atoms with E-state index in [9.17, 15) is 0 Å². The van der Waals surface area contributed by atoms with Crippen molar-refractivity contribution < 1.29 is 0 Å². The van der Waals surface area contributed by atoms with Gasteiger partial charge >= 0.3 is 0 Å². The third-order valence-electron chi connectivity index (χ3n) is 8.55. The first kappa shape index (κ1) is 18.2. The quantitative estimate of drug-likeness (QED) is 0.240. The van der Waals surface area contributed by atoms with Crippen molar-refractivity contribution >= 4 is 17.2 Å². The van der Waals surface area contributed by atoms with Gasteiger partial charge in [0.1, 0.15) is 5.82 Å². The molecular weight excluding hydrogens is 424 g/mol. The summed E-state index contributed by atoms with van der Waals surface area (Å²) in [5.74, 6) is 1.09. The van der Waals surface area contributed by atoms with Gasteiger partial charge in [0, 0.05) is 19.0 Å². The van der Waals surface area contributed by atoms with E-state index in [-0.39, 0.29) is 0 Å². The van der Waals surface area contributed by atoms with Gasteiger partial charge in [-0.25, -0.2) is 4.98 Å². The van der Waals surface area contributed by atoms with Crippen molar-refractivity contribution in [2.24, 2.45) is 0 Å². The molecule has 0 amide bonds. The van der Waals surface area contributed by atoms with Crippen LogP contribution in [0.3, 0.4) is 0 Å². The molecule has 1 aromatic heterocycles. The Labute approximate surface area is 204 Å². The van der Waals surface area contributed by atoms with Gasteiger partial charge in [0.05, 0.1) is 11.4 Å². The molecule has 0 radical (unpaired) electrons. The summed E-state index contributed by atoms with van der Waals surface area (Å²) in [4.78, 5) is 7.35. The minimum atomic E-state index is 0.948. The first-order valence-corrected chi connectivity index (χ1v) is 12.6. The smallest absolute Gasteiger partial charge is 0.141 e. The van der Waals surface area contributed by atoms with Crippen LogP contribution in [0.1, 0.15) is 44.5 Å². The first-order chi connectivity index (χ1) is 17.3. The molecule has 2 aliphatic heterocycles. The average molecular weight is 447 g/mol. The lowest BCUT2D eigenvalue weighted by Gasteiger charge is -2.39. The molecule has 9 rings (SSSR count). The van der Waals surface area contributed by atoms with Gasteiger partial charge < -0.3 is 0 Å². The molecule has 2 heteroatoms. The molecule has 0 fully saturated rings. The molecule has 0 unspecified atom stereocenters. The lowest BCUT2D eigenvalue weighted by molar-refractivity contribution is 0.979. The summed E-state index contributed by atoms with van der Waals surface area (Å²) in [6, 6.07) is 29.5. The van der Waals surface area contributed by atoms with E-state index in [4.69, 9.17) is 4.98 Å². The summed E-state index contributed by atoms with van der Waals surface area (Å²) >= 11 is 0. The van der Waals surface area contributed by atoms with Crippen LogP contribution >= 0.6 is 0 Å². The van der Waals surface area contributed by atoms with Gasteiger partial charge in [0.25, 0.3) is 0 Å². The van der Waals surface area contributed by atoms with Crippen LogP contribution in [0.4, 0.5) is 17.2 Å². The zero-order valence-corrected chi connectivity index (χ0v) is 19.3. The largest absolute Gasteiger partial charge is 0.294 e. The Morgan fingerprint density at radius 2 is 1.31 bits per heavy atom. The molecule has 5 aromatic rings. The summed E-state index contributed by atoms with van der Waals surface area (Å²) in [7, 11) is 0. The fourth-order valence-electron chi connectivity index (χ4n) is 7.20. The van der Waals surface area contributed by atoms with Crippen LogP contribution in [0, 0.1) is 0 Å². The normalized spacial score (nSPS) is 14.9. The molecule has 4 aliphatic rings. The molecule has 0 atom stereocenters. The third-order valence-corrected chi connectivity index (χ3v) is 8.55. The number of hydrogen-bond acceptors (Lipinski definition) is 2. The Bertz CT molecular complexity index is 1750. The highest BCUT2D eigenvalue weighted by Crippen LogP contribution is 2.56. The Kier molecular flexibility index (Phi) is 3.27. The Morgan fingerprint density at radius 3 is 2.29 bits per heavy atom. The second kappa shape index (κ2) is 6.28. The Hall–Kier alpha value is -4.17. The zero-order chi connectivity index (χ0) is 22.7. The summed E-state index contributed by atoms with van der Waals surface area (Å²) in [6.07, 6.45) is 5.95. The number of benzene rings is 4. The molecule has 164 valence electrons. The molecule has 0 bridgehead atoms. The van der Waals surface area contributed by atoms with Crippen molar-refractivity contribution in [2.75, 3.05) is 4.90 Å². The average Bonchev–Trinajstić information content (AvgIpc) is 3.46. The van der Waals surface area contributed by atoms with Crippen LogP contribution in [0.5, 0.6) is 0 Å². The van der Waals surface area contributed by atoms with E-state index in [2.05, 4.69) is 83.8 Å². The van der Waals surface area contributed by atoms with Crippen molar-refractivity contribution in [1.29, 1.82) is 0 Å². The molecule has 35 heavy (non-hydrogen) atoms. The van der Waals surface area contributed by atoms with Crippen molar-refractivity contribution in [1.82, 2.24) is 4.98 Å². The van der Waals surface area contributed by atoms with E-state index in [1.807, 2.05) is 6.20 Å². The maximum Gasteiger partial charge on any atom is 0.141 e. The van der Waals surface area contributed by atoms with Gasteiger partial charge in [0.15, 0.2) is 0 Å². The van der Waals surface area contributed by atoms with Crippen LogP contribution < -0.4 is 4.90 Å². The third kappa shape index (κ3) is 2.23. The molecule has 3 heterocycles. The summed E-state index contributed by atoms with van der Waals surface area (Å²) in [5, 5.41) is 0. The number of pyridine rings is 1. The second-order valence-corrected chi connectivity index (χ2v) is 10.3. The Balaban J connectivity index is 1.36. The number of rotatable bonds is 0. The maximum absolute atomic E-state index is 4.89. The fourth-order valence-corrected chi connectivity index (χ4v) is 7.20. The minimum absolute atomic E-state index is 0.948. The predicted octanol–water partition coefficient (Wildman–Crippen LogP) is 7.50. The van der Waals surface area contributed by atoms with E-state index >= 15 is 0 Å². The van der Waals surface area contributed by atoms with Gasteiger partial charge in [-0.3, -0.25) is 4.90 Å². The molecule has 2 nitrogen and oxygen atoms in total. The topological polar surface area (TPSA) is 16.1 Å². The van der Waals surface area contributed by atoms with E-state index in [1.165, 1.54) is 78.1 Å². The highest BCUT2D eigenvalue weighted by atomic mass is 15.2. The molecular formula is C33H22N2. The van der Waals surface area contributed by atoms with Crippen molar-refractivity contribution in [3.05, 3.63) is 130 Å². The summed E-state index contributed by atoms with van der Waals surface area (Å²) < 4.78 is 0. The van der Waals surface area contributed by atoms with Gasteiger partial charge in [0.2, 0.25) is 0 Å². The van der Waals surface area contributed by atoms with E-state index in [1.54, 1.807) is 0 Å². The van der Waals surface area contributed by atoms with Crippen LogP contribution in [-0.2, 0) is 25.7 Å². The number of fused-ring (bicyclic) bond motifs is 12. The van der Waals surface area contributed by atoms with Crippen molar-refractivity contribution in [2.45, 2.75) is 25.7 Å². The zero-order valence-electron chi connectivity index (χ0n) is 19.3. The standard InChI is InChI=1S/C33H22N2/c1-3-9-25-19(6-1)17-27-26(25)12-11-21-15-23-16-24-14-20-7-2-4-10-29(20)35-32(24)28(31(23)30(21)27)18-22-8-5-13-34-33(22)35/h1-13,16H,14-15,17-18H2. The molecule has 0 saturated carbocycles. The SMILES string of the molecule is c1ccc2c(c1)Cc1c-2ccc2c1-c1c(cc3c4c1Cc1cccnc1N4c1ccccc1C3)C2. The fraction of sp³-hybridized carbons (Fsp3) is 0.121. The number of aromatic nitrogens is 1. The lowest BCUT2D eigenvalue weighted by Crippen LogP contribution is -2.26. The first-order valence-electron chi connectivity index (χ1n) is 12.6. The van der Waals surface area contributed by atoms with Crippen LogP contribution in [0.15, 0.2) is 85.1 Å². The lowest BCUT2D eigenvalue weighted by atomic mass is 9.82. The van der Waals surface area contributed by atoms with Crippen LogP contribution in [0.2, 0.25) is 0 Å². The molecule has 4 aromatic carbocycles. The highest BCUT2D eigenvalue weighted by molar-refractivity contribution is 5.97. The van der Waals surface area contributed by atoms with Gasteiger partial charge in [-0.15, -0.1) is 0 Å². The second-order valence-electron chi connectivity index (χ2n) is 10.3. The van der Waals surface area contributed by atoms with Gasteiger partial charge in [-0.05, 0) is 91.7 Å². The monoisotopic (exact) mass is 446 g/mol. The van der Waals surface area contributed by atoms with E-state index in [0.29, 0.717) is 0 Å². The summed E-state index contributed by atoms with van der Waals surface area (Å²) in [5.41, 5.74) is 20.1. The predicted molar refractivity (Wildman–Crippen MR) is 141 cm³/mol. The molecule has 0 saturated heterocycles. The van der Waals surface area contributed by atoms with Gasteiger partial charge in [-0.1, -0.05) is 66.7 Å². The summed E-state index contributed by atoms with van der Waals surface area (Å²) in [6.45, 7) is 0. The van der Waals surface area contributed by atoms with E-state index in [0.717, 1.165) is 31.5 Å². The maximum atomic E-state index is 4.89. The van der Waals surface area contributed by atoms with E-state index < -0.39 is 0 Å². The number of hydrogen-bond donors (Lipinski definition) is 0. The number of anilines is 3. The Morgan fingerprint density at radius 1 is 0.543 bits per heavy atom. The molecule has 0 spiro atoms. The van der Waals surface area contributed by atoms with Crippen molar-refractivity contribution in [3.63, 3.8) is 0 Å². The van der Waals surface area contributed by atoms with Crippen molar-refractivity contribution in [3.8, 4) is 22.3 Å². The number of para-hydroxylation sites is 1.